The van der Waals surface area contributed by atoms with Crippen LogP contribution in [0, 0.1) is 5.92 Å². The molecule has 0 spiro atoms. The third kappa shape index (κ3) is 3.24. The van der Waals surface area contributed by atoms with Crippen LogP contribution >= 0.6 is 15.9 Å². The van der Waals surface area contributed by atoms with Crippen molar-refractivity contribution >= 4 is 15.9 Å². The van der Waals surface area contributed by atoms with Crippen LogP contribution < -0.4 is 0 Å². The van der Waals surface area contributed by atoms with Gasteiger partial charge < -0.3 is 0 Å². The maximum absolute atomic E-state index is 3.97. The fourth-order valence-electron chi connectivity index (χ4n) is 4.07. The number of rotatable bonds is 2. The van der Waals surface area contributed by atoms with E-state index in [0.717, 1.165) is 16.7 Å². The summed E-state index contributed by atoms with van der Waals surface area (Å²) in [5.41, 5.74) is 3.29. The Labute approximate surface area is 126 Å². The van der Waals surface area contributed by atoms with Crippen LogP contribution in [-0.4, -0.2) is 4.83 Å². The molecule has 3 atom stereocenters. The summed E-state index contributed by atoms with van der Waals surface area (Å²) in [7, 11) is 0. The topological polar surface area (TPSA) is 0 Å². The van der Waals surface area contributed by atoms with Gasteiger partial charge in [0.15, 0.2) is 0 Å². The van der Waals surface area contributed by atoms with Crippen molar-refractivity contribution in [3.63, 3.8) is 0 Å². The van der Waals surface area contributed by atoms with Crippen LogP contribution in [0.1, 0.15) is 68.4 Å². The van der Waals surface area contributed by atoms with Crippen molar-refractivity contribution in [3.8, 4) is 0 Å². The first-order valence-corrected chi connectivity index (χ1v) is 8.98. The molecule has 0 heterocycles. The highest BCUT2D eigenvalue weighted by molar-refractivity contribution is 9.09. The van der Waals surface area contributed by atoms with Crippen molar-refractivity contribution in [2.75, 3.05) is 0 Å². The summed E-state index contributed by atoms with van der Waals surface area (Å²) in [6, 6.07) is 9.18. The van der Waals surface area contributed by atoms with Gasteiger partial charge in [-0.15, -0.1) is 0 Å². The number of alkyl halides is 1. The number of hydrogen-bond acceptors (Lipinski definition) is 0. The van der Waals surface area contributed by atoms with E-state index in [0.29, 0.717) is 0 Å². The Bertz CT molecular complexity index is 412. The van der Waals surface area contributed by atoms with Crippen LogP contribution in [0.4, 0.5) is 0 Å². The van der Waals surface area contributed by atoms with E-state index >= 15 is 0 Å². The van der Waals surface area contributed by atoms with Crippen molar-refractivity contribution in [1.29, 1.82) is 0 Å². The quantitative estimate of drug-likeness (QED) is 0.474. The molecule has 0 radical (unpaired) electrons. The van der Waals surface area contributed by atoms with Gasteiger partial charge in [0.2, 0.25) is 0 Å². The van der Waals surface area contributed by atoms with E-state index in [1.54, 1.807) is 11.1 Å². The maximum Gasteiger partial charge on any atom is 0.0174 e. The average Bonchev–Trinajstić information content (AvgIpc) is 2.65. The molecular formula is C18H25Br. The Balaban J connectivity index is 1.73. The van der Waals surface area contributed by atoms with Gasteiger partial charge in [-0.25, -0.2) is 0 Å². The van der Waals surface area contributed by atoms with Crippen molar-refractivity contribution < 1.29 is 0 Å². The first-order valence-electron chi connectivity index (χ1n) is 8.06. The summed E-state index contributed by atoms with van der Waals surface area (Å²) in [6.07, 6.45) is 12.7. The molecular weight excluding hydrogens is 296 g/mol. The number of benzene rings is 1. The summed E-state index contributed by atoms with van der Waals surface area (Å²) >= 11 is 3.97. The Morgan fingerprint density at radius 1 is 0.947 bits per heavy atom. The largest absolute Gasteiger partial charge is 0.0888 e. The Kier molecular flexibility index (Phi) is 4.63. The van der Waals surface area contributed by atoms with Gasteiger partial charge in [-0.05, 0) is 61.5 Å². The number of hydrogen-bond donors (Lipinski definition) is 0. The van der Waals surface area contributed by atoms with Crippen LogP contribution in [0.2, 0.25) is 0 Å². The third-order valence-corrected chi connectivity index (χ3v) is 6.35. The molecule has 3 unspecified atom stereocenters. The van der Waals surface area contributed by atoms with Crippen LogP contribution in [0.25, 0.3) is 0 Å². The molecule has 0 N–H and O–H groups in total. The summed E-state index contributed by atoms with van der Waals surface area (Å²) in [5.74, 6) is 1.73. The van der Waals surface area contributed by atoms with Gasteiger partial charge in [-0.3, -0.25) is 0 Å². The van der Waals surface area contributed by atoms with E-state index in [-0.39, 0.29) is 0 Å². The molecule has 1 aromatic rings. The lowest BCUT2D eigenvalue weighted by Gasteiger charge is -2.30. The van der Waals surface area contributed by atoms with Gasteiger partial charge in [0.1, 0.15) is 0 Å². The molecule has 0 bridgehead atoms. The highest BCUT2D eigenvalue weighted by Gasteiger charge is 2.27. The molecule has 1 saturated carbocycles. The van der Waals surface area contributed by atoms with Gasteiger partial charge in [0, 0.05) is 4.83 Å². The molecule has 1 heteroatoms. The van der Waals surface area contributed by atoms with E-state index in [9.17, 15) is 0 Å². The normalized spacial score (nSPS) is 31.5. The van der Waals surface area contributed by atoms with Gasteiger partial charge in [0.05, 0.1) is 0 Å². The lowest BCUT2D eigenvalue weighted by atomic mass is 9.77. The summed E-state index contributed by atoms with van der Waals surface area (Å²) in [6.45, 7) is 0. The number of halogens is 1. The minimum atomic E-state index is 0.768. The minimum Gasteiger partial charge on any atom is -0.0888 e. The minimum absolute atomic E-state index is 0.768. The predicted molar refractivity (Wildman–Crippen MR) is 86.0 cm³/mol. The van der Waals surface area contributed by atoms with E-state index in [2.05, 4.69) is 40.2 Å². The second kappa shape index (κ2) is 6.43. The molecule has 0 aliphatic heterocycles. The van der Waals surface area contributed by atoms with Gasteiger partial charge in [0.25, 0.3) is 0 Å². The zero-order valence-corrected chi connectivity index (χ0v) is 13.4. The monoisotopic (exact) mass is 320 g/mol. The second-order valence-electron chi connectivity index (χ2n) is 6.44. The first-order chi connectivity index (χ1) is 9.34. The second-order valence-corrected chi connectivity index (χ2v) is 7.61. The molecule has 1 fully saturated rings. The lowest BCUT2D eigenvalue weighted by Crippen LogP contribution is -2.19. The highest BCUT2D eigenvalue weighted by Crippen LogP contribution is 2.40. The number of fused-ring (bicyclic) bond motifs is 1. The predicted octanol–water partition coefficient (Wildman–Crippen LogP) is 5.84. The zero-order valence-electron chi connectivity index (χ0n) is 11.8. The van der Waals surface area contributed by atoms with Crippen molar-refractivity contribution in [2.45, 2.75) is 68.5 Å². The third-order valence-electron chi connectivity index (χ3n) is 5.15. The molecule has 19 heavy (non-hydrogen) atoms. The van der Waals surface area contributed by atoms with Crippen LogP contribution in [0.3, 0.4) is 0 Å². The Morgan fingerprint density at radius 2 is 1.79 bits per heavy atom. The highest BCUT2D eigenvalue weighted by atomic mass is 79.9. The lowest BCUT2D eigenvalue weighted by molar-refractivity contribution is 0.378. The van der Waals surface area contributed by atoms with Crippen LogP contribution in [-0.2, 0) is 6.42 Å². The SMILES string of the molecule is BrC1CCCCCC1CC1CCCc2ccccc21. The van der Waals surface area contributed by atoms with Crippen molar-refractivity contribution in [3.05, 3.63) is 35.4 Å². The molecule has 0 aromatic heterocycles. The van der Waals surface area contributed by atoms with Gasteiger partial charge in [-0.2, -0.15) is 0 Å². The molecule has 3 rings (SSSR count). The van der Waals surface area contributed by atoms with Crippen molar-refractivity contribution in [1.82, 2.24) is 0 Å². The smallest absolute Gasteiger partial charge is 0.0174 e. The maximum atomic E-state index is 3.97. The Morgan fingerprint density at radius 3 is 2.74 bits per heavy atom. The average molecular weight is 321 g/mol. The van der Waals surface area contributed by atoms with E-state index in [1.807, 2.05) is 0 Å². The molecule has 0 saturated heterocycles. The van der Waals surface area contributed by atoms with Gasteiger partial charge >= 0.3 is 0 Å². The fourth-order valence-corrected chi connectivity index (χ4v) is 4.87. The first kappa shape index (κ1) is 13.7. The summed E-state index contributed by atoms with van der Waals surface area (Å²) < 4.78 is 0. The van der Waals surface area contributed by atoms with Crippen molar-refractivity contribution in [2.24, 2.45) is 5.92 Å². The molecule has 1 aromatic carbocycles. The standard InChI is InChI=1S/C18H25Br/c19-18-12-3-1-2-8-16(18)13-15-10-6-9-14-7-4-5-11-17(14)15/h4-5,7,11,15-16,18H,1-3,6,8-10,12-13H2. The number of aryl methyl sites for hydroxylation is 1. The molecule has 0 nitrogen and oxygen atoms in total. The molecule has 104 valence electrons. The Hall–Kier alpha value is -0.300. The molecule has 2 aliphatic rings. The van der Waals surface area contributed by atoms with E-state index in [1.165, 1.54) is 57.8 Å². The van der Waals surface area contributed by atoms with Gasteiger partial charge in [-0.1, -0.05) is 59.5 Å². The van der Waals surface area contributed by atoms with E-state index < -0.39 is 0 Å². The summed E-state index contributed by atoms with van der Waals surface area (Å²) in [4.78, 5) is 0.768. The summed E-state index contributed by atoms with van der Waals surface area (Å²) in [5, 5.41) is 0. The van der Waals surface area contributed by atoms with Crippen LogP contribution in [0.15, 0.2) is 24.3 Å². The van der Waals surface area contributed by atoms with E-state index in [4.69, 9.17) is 0 Å². The fraction of sp³-hybridized carbons (Fsp3) is 0.667. The van der Waals surface area contributed by atoms with Crippen LogP contribution in [0.5, 0.6) is 0 Å². The zero-order chi connectivity index (χ0) is 13.1. The molecule has 0 amide bonds. The molecule has 2 aliphatic carbocycles.